The van der Waals surface area contributed by atoms with Gasteiger partial charge in [0.2, 0.25) is 0 Å². The Bertz CT molecular complexity index is 600. The molecule has 0 unspecified atom stereocenters. The predicted molar refractivity (Wildman–Crippen MR) is 89.6 cm³/mol. The molecule has 1 saturated heterocycles. The lowest BCUT2D eigenvalue weighted by molar-refractivity contribution is 0.0931. The van der Waals surface area contributed by atoms with Crippen LogP contribution in [0.5, 0.6) is 0 Å². The summed E-state index contributed by atoms with van der Waals surface area (Å²) in [5.74, 6) is -0.000506. The van der Waals surface area contributed by atoms with Gasteiger partial charge >= 0.3 is 0 Å². The van der Waals surface area contributed by atoms with Crippen LogP contribution in [0.1, 0.15) is 23.2 Å². The Morgan fingerprint density at radius 3 is 2.90 bits per heavy atom. The first-order valence-corrected chi connectivity index (χ1v) is 6.69. The highest BCUT2D eigenvalue weighted by Crippen LogP contribution is 2.13. The fraction of sp³-hybridized carbons (Fsp3) is 0.333. The van der Waals surface area contributed by atoms with Crippen LogP contribution in [0.2, 0.25) is 0 Å². The molecule has 0 saturated carbocycles. The summed E-state index contributed by atoms with van der Waals surface area (Å²) in [6.45, 7) is 1.91. The van der Waals surface area contributed by atoms with Gasteiger partial charge in [0, 0.05) is 29.7 Å². The molecule has 3 rings (SSSR count). The molecule has 1 atom stereocenters. The minimum Gasteiger partial charge on any atom is -0.348 e. The summed E-state index contributed by atoms with van der Waals surface area (Å²) in [7, 11) is 0. The third kappa shape index (κ3) is 4.30. The number of hydrogen-bond donors (Lipinski definition) is 2. The summed E-state index contributed by atoms with van der Waals surface area (Å²) in [6.07, 6.45) is 3.93. The Morgan fingerprint density at radius 1 is 1.29 bits per heavy atom. The first-order chi connectivity index (χ1) is 9.33. The Hall–Kier alpha value is -1.36. The van der Waals surface area contributed by atoms with Crippen molar-refractivity contribution < 1.29 is 4.79 Å². The summed E-state index contributed by atoms with van der Waals surface area (Å²) in [5, 5.41) is 7.37. The van der Waals surface area contributed by atoms with Crippen molar-refractivity contribution in [3.05, 3.63) is 42.1 Å². The third-order valence-electron chi connectivity index (χ3n) is 3.50. The molecule has 2 aromatic rings. The molecule has 21 heavy (non-hydrogen) atoms. The first kappa shape index (κ1) is 17.7. The fourth-order valence-electron chi connectivity index (χ4n) is 2.46. The number of pyridine rings is 1. The van der Waals surface area contributed by atoms with Gasteiger partial charge in [-0.05, 0) is 43.7 Å². The Morgan fingerprint density at radius 2 is 2.14 bits per heavy atom. The molecular formula is C15H19Cl2N3O. The van der Waals surface area contributed by atoms with E-state index < -0.39 is 0 Å². The van der Waals surface area contributed by atoms with E-state index in [0.29, 0.717) is 5.56 Å². The molecule has 6 heteroatoms. The van der Waals surface area contributed by atoms with Crippen LogP contribution in [0, 0.1) is 0 Å². The summed E-state index contributed by atoms with van der Waals surface area (Å²) < 4.78 is 0. The van der Waals surface area contributed by atoms with Crippen molar-refractivity contribution in [3.63, 3.8) is 0 Å². The van der Waals surface area contributed by atoms with Crippen LogP contribution >= 0.6 is 24.8 Å². The van der Waals surface area contributed by atoms with Crippen molar-refractivity contribution in [3.8, 4) is 0 Å². The van der Waals surface area contributed by atoms with Gasteiger partial charge in [0.15, 0.2) is 0 Å². The Kier molecular flexibility index (Phi) is 6.89. The topological polar surface area (TPSA) is 54.0 Å². The standard InChI is InChI=1S/C15H17N3O.2ClH/c19-15(18-13-4-2-7-16-10-13)12-5-6-14-11(9-12)3-1-8-17-14;;/h1,3,5-6,8-9,13,16H,2,4,7,10H2,(H,18,19);2*1H/t13-;;/m1../s1. The highest BCUT2D eigenvalue weighted by Gasteiger charge is 2.16. The van der Waals surface area contributed by atoms with Crippen molar-refractivity contribution in [1.82, 2.24) is 15.6 Å². The summed E-state index contributed by atoms with van der Waals surface area (Å²) in [5.41, 5.74) is 1.62. The van der Waals surface area contributed by atoms with Crippen LogP contribution in [0.15, 0.2) is 36.5 Å². The molecule has 0 bridgehead atoms. The molecule has 0 aliphatic carbocycles. The number of benzene rings is 1. The second kappa shape index (κ2) is 8.17. The number of nitrogens with one attached hydrogen (secondary N) is 2. The van der Waals surface area contributed by atoms with Crippen LogP contribution < -0.4 is 10.6 Å². The summed E-state index contributed by atoms with van der Waals surface area (Å²) in [4.78, 5) is 16.5. The molecule has 114 valence electrons. The van der Waals surface area contributed by atoms with Crippen LogP contribution in [-0.2, 0) is 0 Å². The van der Waals surface area contributed by atoms with Gasteiger partial charge in [-0.25, -0.2) is 0 Å². The van der Waals surface area contributed by atoms with Gasteiger partial charge < -0.3 is 10.6 Å². The second-order valence-electron chi connectivity index (χ2n) is 4.93. The molecular weight excluding hydrogens is 309 g/mol. The number of rotatable bonds is 2. The molecule has 1 fully saturated rings. The van der Waals surface area contributed by atoms with Crippen molar-refractivity contribution in [2.24, 2.45) is 0 Å². The Labute approximate surface area is 136 Å². The highest BCUT2D eigenvalue weighted by molar-refractivity contribution is 5.98. The zero-order valence-corrected chi connectivity index (χ0v) is 13.2. The third-order valence-corrected chi connectivity index (χ3v) is 3.50. The molecule has 1 aliphatic rings. The van der Waals surface area contributed by atoms with E-state index in [9.17, 15) is 4.79 Å². The monoisotopic (exact) mass is 327 g/mol. The van der Waals surface area contributed by atoms with Gasteiger partial charge in [-0.3, -0.25) is 9.78 Å². The molecule has 1 aliphatic heterocycles. The smallest absolute Gasteiger partial charge is 0.251 e. The normalized spacial score (nSPS) is 17.4. The molecule has 1 aromatic heterocycles. The predicted octanol–water partition coefficient (Wildman–Crippen LogP) is 2.56. The number of hydrogen-bond acceptors (Lipinski definition) is 3. The van der Waals surface area contributed by atoms with Crippen LogP contribution in [-0.4, -0.2) is 30.0 Å². The molecule has 0 spiro atoms. The van der Waals surface area contributed by atoms with E-state index in [4.69, 9.17) is 0 Å². The maximum absolute atomic E-state index is 12.2. The van der Waals surface area contributed by atoms with Gasteiger partial charge in [0.05, 0.1) is 5.52 Å². The quantitative estimate of drug-likeness (QED) is 0.891. The van der Waals surface area contributed by atoms with Crippen LogP contribution in [0.3, 0.4) is 0 Å². The van der Waals surface area contributed by atoms with E-state index >= 15 is 0 Å². The van der Waals surface area contributed by atoms with Gasteiger partial charge in [-0.15, -0.1) is 24.8 Å². The van der Waals surface area contributed by atoms with Crippen LogP contribution in [0.25, 0.3) is 10.9 Å². The number of carbonyl (C=O) groups excluding carboxylic acids is 1. The van der Waals surface area contributed by atoms with Crippen molar-refractivity contribution in [1.29, 1.82) is 0 Å². The number of halogens is 2. The zero-order valence-electron chi connectivity index (χ0n) is 11.5. The van der Waals surface area contributed by atoms with Crippen molar-refractivity contribution >= 4 is 41.6 Å². The van der Waals surface area contributed by atoms with Gasteiger partial charge in [-0.2, -0.15) is 0 Å². The molecule has 0 radical (unpaired) electrons. The highest BCUT2D eigenvalue weighted by atomic mass is 35.5. The number of carbonyl (C=O) groups is 1. The lowest BCUT2D eigenvalue weighted by Gasteiger charge is -2.23. The van der Waals surface area contributed by atoms with Crippen LogP contribution in [0.4, 0.5) is 0 Å². The molecule has 2 heterocycles. The minimum absolute atomic E-state index is 0. The second-order valence-corrected chi connectivity index (χ2v) is 4.93. The van der Waals surface area contributed by atoms with Gasteiger partial charge in [-0.1, -0.05) is 6.07 Å². The van der Waals surface area contributed by atoms with E-state index in [1.807, 2.05) is 30.3 Å². The SMILES string of the molecule is Cl.Cl.O=C(N[C@@H]1CCCNC1)c1ccc2ncccc2c1. The lowest BCUT2D eigenvalue weighted by Crippen LogP contribution is -2.45. The van der Waals surface area contributed by atoms with E-state index in [1.54, 1.807) is 6.20 Å². The average molecular weight is 328 g/mol. The van der Waals surface area contributed by atoms with Gasteiger partial charge in [0.1, 0.15) is 0 Å². The van der Waals surface area contributed by atoms with E-state index in [2.05, 4.69) is 15.6 Å². The number of aromatic nitrogens is 1. The molecule has 4 nitrogen and oxygen atoms in total. The van der Waals surface area contributed by atoms with Crippen molar-refractivity contribution in [2.45, 2.75) is 18.9 Å². The summed E-state index contributed by atoms with van der Waals surface area (Å²) in [6, 6.07) is 9.72. The van der Waals surface area contributed by atoms with Gasteiger partial charge in [0.25, 0.3) is 5.91 Å². The number of piperidine rings is 1. The fourth-order valence-corrected chi connectivity index (χ4v) is 2.46. The Balaban J connectivity index is 0.00000110. The van der Waals surface area contributed by atoms with Crippen molar-refractivity contribution in [2.75, 3.05) is 13.1 Å². The minimum atomic E-state index is -0.000506. The zero-order chi connectivity index (χ0) is 13.1. The maximum atomic E-state index is 12.2. The lowest BCUT2D eigenvalue weighted by atomic mass is 10.1. The molecule has 2 N–H and O–H groups in total. The number of amides is 1. The maximum Gasteiger partial charge on any atom is 0.251 e. The average Bonchev–Trinajstić information content (AvgIpc) is 2.48. The van der Waals surface area contributed by atoms with E-state index in [0.717, 1.165) is 36.8 Å². The first-order valence-electron chi connectivity index (χ1n) is 6.69. The largest absolute Gasteiger partial charge is 0.348 e. The van der Waals surface area contributed by atoms with E-state index in [1.165, 1.54) is 0 Å². The molecule has 1 aromatic carbocycles. The summed E-state index contributed by atoms with van der Waals surface area (Å²) >= 11 is 0. The molecule has 1 amide bonds. The number of fused-ring (bicyclic) bond motifs is 1. The van der Waals surface area contributed by atoms with E-state index in [-0.39, 0.29) is 36.8 Å². The number of nitrogens with zero attached hydrogens (tertiary/aromatic N) is 1.